The molecule has 0 saturated carbocycles. The van der Waals surface area contributed by atoms with E-state index in [2.05, 4.69) is 41.0 Å². The van der Waals surface area contributed by atoms with E-state index in [1.807, 2.05) is 12.1 Å². The summed E-state index contributed by atoms with van der Waals surface area (Å²) in [5.74, 6) is 0.767. The number of pyridine rings is 1. The van der Waals surface area contributed by atoms with Gasteiger partial charge in [-0.25, -0.2) is 9.97 Å². The average molecular weight is 270 g/mol. The molecule has 0 radical (unpaired) electrons. The number of rotatable bonds is 6. The quantitative estimate of drug-likeness (QED) is 0.820. The van der Waals surface area contributed by atoms with E-state index in [4.69, 9.17) is 0 Å². The molecule has 0 aliphatic carbocycles. The third-order valence-electron chi connectivity index (χ3n) is 3.37. The van der Waals surface area contributed by atoms with Crippen LogP contribution in [-0.4, -0.2) is 28.0 Å². The number of aromatic nitrogens is 3. The molecule has 0 fully saturated rings. The van der Waals surface area contributed by atoms with Gasteiger partial charge in [0.2, 0.25) is 0 Å². The molecule has 2 rings (SSSR count). The Morgan fingerprint density at radius 3 is 2.50 bits per heavy atom. The van der Waals surface area contributed by atoms with Crippen LogP contribution in [0.2, 0.25) is 0 Å². The van der Waals surface area contributed by atoms with Crippen molar-refractivity contribution in [2.75, 3.05) is 13.1 Å². The van der Waals surface area contributed by atoms with Crippen molar-refractivity contribution >= 4 is 0 Å². The second-order valence-corrected chi connectivity index (χ2v) is 4.90. The molecule has 0 bridgehead atoms. The summed E-state index contributed by atoms with van der Waals surface area (Å²) in [6, 6.07) is 3.90. The molecule has 0 aliphatic heterocycles. The first kappa shape index (κ1) is 14.6. The van der Waals surface area contributed by atoms with Crippen LogP contribution in [-0.2, 0) is 6.42 Å². The van der Waals surface area contributed by atoms with Crippen LogP contribution in [0.15, 0.2) is 24.5 Å². The molecule has 2 aromatic rings. The molecular weight excluding hydrogens is 248 g/mol. The molecule has 4 nitrogen and oxygen atoms in total. The predicted molar refractivity (Wildman–Crippen MR) is 81.6 cm³/mol. The van der Waals surface area contributed by atoms with Gasteiger partial charge >= 0.3 is 0 Å². The highest BCUT2D eigenvalue weighted by Gasteiger charge is 2.09. The summed E-state index contributed by atoms with van der Waals surface area (Å²) in [6.45, 7) is 8.32. The molecule has 2 heterocycles. The molecule has 0 aromatic carbocycles. The van der Waals surface area contributed by atoms with E-state index >= 15 is 0 Å². The minimum Gasteiger partial charge on any atom is -0.317 e. The third kappa shape index (κ3) is 3.61. The van der Waals surface area contributed by atoms with Gasteiger partial charge in [-0.15, -0.1) is 0 Å². The van der Waals surface area contributed by atoms with Gasteiger partial charge in [0.25, 0.3) is 0 Å². The standard InChI is InChI=1S/C16H22N4/c1-4-17-9-6-8-15-12(2)19-16(20-13(15)3)14-7-5-10-18-11-14/h5,7,10-11,17H,4,6,8-9H2,1-3H3. The summed E-state index contributed by atoms with van der Waals surface area (Å²) in [5, 5.41) is 3.35. The summed E-state index contributed by atoms with van der Waals surface area (Å²) in [5.41, 5.74) is 4.40. The van der Waals surface area contributed by atoms with Crippen molar-refractivity contribution in [3.8, 4) is 11.4 Å². The zero-order valence-corrected chi connectivity index (χ0v) is 12.5. The number of nitrogens with one attached hydrogen (secondary N) is 1. The molecule has 0 spiro atoms. The summed E-state index contributed by atoms with van der Waals surface area (Å²) in [4.78, 5) is 13.4. The van der Waals surface area contributed by atoms with E-state index in [1.165, 1.54) is 5.56 Å². The van der Waals surface area contributed by atoms with Crippen molar-refractivity contribution in [1.82, 2.24) is 20.3 Å². The molecule has 1 N–H and O–H groups in total. The lowest BCUT2D eigenvalue weighted by atomic mass is 10.1. The van der Waals surface area contributed by atoms with Crippen molar-refractivity contribution in [3.05, 3.63) is 41.5 Å². The van der Waals surface area contributed by atoms with E-state index in [9.17, 15) is 0 Å². The summed E-state index contributed by atoms with van der Waals surface area (Å²) >= 11 is 0. The van der Waals surface area contributed by atoms with E-state index < -0.39 is 0 Å². The van der Waals surface area contributed by atoms with Crippen molar-refractivity contribution < 1.29 is 0 Å². The molecule has 0 saturated heterocycles. The van der Waals surface area contributed by atoms with E-state index in [-0.39, 0.29) is 0 Å². The largest absolute Gasteiger partial charge is 0.317 e. The monoisotopic (exact) mass is 270 g/mol. The Morgan fingerprint density at radius 2 is 1.90 bits per heavy atom. The van der Waals surface area contributed by atoms with Crippen LogP contribution in [0.5, 0.6) is 0 Å². The van der Waals surface area contributed by atoms with Crippen LogP contribution in [0.25, 0.3) is 11.4 Å². The van der Waals surface area contributed by atoms with E-state index in [1.54, 1.807) is 12.4 Å². The van der Waals surface area contributed by atoms with Gasteiger partial charge in [0.1, 0.15) is 0 Å². The summed E-state index contributed by atoms with van der Waals surface area (Å²) in [6.07, 6.45) is 5.71. The third-order valence-corrected chi connectivity index (χ3v) is 3.37. The summed E-state index contributed by atoms with van der Waals surface area (Å²) < 4.78 is 0. The van der Waals surface area contributed by atoms with Gasteiger partial charge in [0, 0.05) is 29.3 Å². The maximum Gasteiger partial charge on any atom is 0.161 e. The smallest absolute Gasteiger partial charge is 0.161 e. The lowest BCUT2D eigenvalue weighted by molar-refractivity contribution is 0.667. The molecular formula is C16H22N4. The van der Waals surface area contributed by atoms with Crippen LogP contribution in [0, 0.1) is 13.8 Å². The first-order valence-electron chi connectivity index (χ1n) is 7.17. The number of nitrogens with zero attached hydrogens (tertiary/aromatic N) is 3. The fourth-order valence-corrected chi connectivity index (χ4v) is 2.29. The second-order valence-electron chi connectivity index (χ2n) is 4.90. The van der Waals surface area contributed by atoms with Crippen LogP contribution in [0.1, 0.15) is 30.3 Å². The van der Waals surface area contributed by atoms with Crippen LogP contribution in [0.3, 0.4) is 0 Å². The molecule has 0 amide bonds. The lowest BCUT2D eigenvalue weighted by Crippen LogP contribution is -2.15. The van der Waals surface area contributed by atoms with Crippen LogP contribution < -0.4 is 5.32 Å². The van der Waals surface area contributed by atoms with Crippen LogP contribution in [0.4, 0.5) is 0 Å². The molecule has 106 valence electrons. The van der Waals surface area contributed by atoms with Gasteiger partial charge in [0.15, 0.2) is 5.82 Å². The zero-order valence-electron chi connectivity index (χ0n) is 12.5. The Kier molecular flexibility index (Phi) is 5.18. The van der Waals surface area contributed by atoms with Gasteiger partial charge in [-0.05, 0) is 57.5 Å². The molecule has 0 unspecified atom stereocenters. The van der Waals surface area contributed by atoms with Crippen molar-refractivity contribution in [1.29, 1.82) is 0 Å². The molecule has 4 heteroatoms. The normalized spacial score (nSPS) is 10.8. The van der Waals surface area contributed by atoms with Crippen molar-refractivity contribution in [3.63, 3.8) is 0 Å². The Labute approximate surface area is 120 Å². The Hall–Kier alpha value is -1.81. The van der Waals surface area contributed by atoms with Crippen LogP contribution >= 0.6 is 0 Å². The van der Waals surface area contributed by atoms with Gasteiger partial charge in [0.05, 0.1) is 0 Å². The van der Waals surface area contributed by atoms with E-state index in [0.29, 0.717) is 0 Å². The highest BCUT2D eigenvalue weighted by molar-refractivity contribution is 5.54. The SMILES string of the molecule is CCNCCCc1c(C)nc(-c2cccnc2)nc1C. The summed E-state index contributed by atoms with van der Waals surface area (Å²) in [7, 11) is 0. The van der Waals surface area contributed by atoms with Gasteiger partial charge in [-0.2, -0.15) is 0 Å². The first-order valence-corrected chi connectivity index (χ1v) is 7.17. The van der Waals surface area contributed by atoms with Crippen molar-refractivity contribution in [2.45, 2.75) is 33.6 Å². The van der Waals surface area contributed by atoms with Crippen molar-refractivity contribution in [2.24, 2.45) is 0 Å². The maximum absolute atomic E-state index is 4.63. The average Bonchev–Trinajstić information content (AvgIpc) is 2.46. The fourth-order valence-electron chi connectivity index (χ4n) is 2.29. The lowest BCUT2D eigenvalue weighted by Gasteiger charge is -2.11. The van der Waals surface area contributed by atoms with Gasteiger partial charge in [-0.1, -0.05) is 6.92 Å². The molecule has 20 heavy (non-hydrogen) atoms. The minimum absolute atomic E-state index is 0.767. The fraction of sp³-hybridized carbons (Fsp3) is 0.438. The maximum atomic E-state index is 4.63. The predicted octanol–water partition coefficient (Wildman–Crippen LogP) is 2.70. The van der Waals surface area contributed by atoms with Gasteiger partial charge in [-0.3, -0.25) is 4.98 Å². The highest BCUT2D eigenvalue weighted by atomic mass is 14.9. The highest BCUT2D eigenvalue weighted by Crippen LogP contribution is 2.18. The van der Waals surface area contributed by atoms with Gasteiger partial charge < -0.3 is 5.32 Å². The number of hydrogen-bond donors (Lipinski definition) is 1. The van der Waals surface area contributed by atoms with E-state index in [0.717, 1.165) is 48.7 Å². The number of aryl methyl sites for hydroxylation is 2. The molecule has 0 atom stereocenters. The minimum atomic E-state index is 0.767. The molecule has 0 aliphatic rings. The Balaban J connectivity index is 2.17. The second kappa shape index (κ2) is 7.10. The Morgan fingerprint density at radius 1 is 1.15 bits per heavy atom. The Bertz CT molecular complexity index is 529. The number of hydrogen-bond acceptors (Lipinski definition) is 4. The zero-order chi connectivity index (χ0) is 14.4. The first-order chi connectivity index (χ1) is 9.72. The molecule has 2 aromatic heterocycles. The topological polar surface area (TPSA) is 50.7 Å².